The number of rotatable bonds is 2. The lowest BCUT2D eigenvalue weighted by Crippen LogP contribution is -1.94. The summed E-state index contributed by atoms with van der Waals surface area (Å²) in [5.74, 6) is -0.455. The van der Waals surface area contributed by atoms with Gasteiger partial charge in [-0.25, -0.2) is 9.18 Å². The van der Waals surface area contributed by atoms with Crippen molar-refractivity contribution >= 4 is 6.08 Å². The number of aromatic nitrogens is 1. The topological polar surface area (TPSA) is 42.3 Å². The Morgan fingerprint density at radius 2 is 2.50 bits per heavy atom. The summed E-state index contributed by atoms with van der Waals surface area (Å²) in [7, 11) is 0. The quantitative estimate of drug-likeness (QED) is 0.494. The Labute approximate surface area is 69.0 Å². The molecule has 3 nitrogen and oxygen atoms in total. The van der Waals surface area contributed by atoms with Gasteiger partial charge in [0.15, 0.2) is 0 Å². The van der Waals surface area contributed by atoms with Gasteiger partial charge < -0.3 is 0 Å². The van der Waals surface area contributed by atoms with Gasteiger partial charge in [-0.15, -0.1) is 0 Å². The van der Waals surface area contributed by atoms with Crippen LogP contribution in [0, 0.1) is 5.82 Å². The molecule has 0 amide bonds. The van der Waals surface area contributed by atoms with Gasteiger partial charge in [0.05, 0.1) is 12.2 Å². The Hall–Kier alpha value is -1.54. The smallest absolute Gasteiger partial charge is 0.235 e. The Balaban J connectivity index is 3.02. The van der Waals surface area contributed by atoms with Gasteiger partial charge in [-0.05, 0) is 13.0 Å². The summed E-state index contributed by atoms with van der Waals surface area (Å²) in [5, 5.41) is 0. The first kappa shape index (κ1) is 8.56. The van der Waals surface area contributed by atoms with Crippen LogP contribution >= 0.6 is 0 Å². The third kappa shape index (κ3) is 1.74. The molecule has 0 aliphatic rings. The second-order valence-electron chi connectivity index (χ2n) is 2.29. The van der Waals surface area contributed by atoms with E-state index in [1.54, 1.807) is 6.92 Å². The minimum Gasteiger partial charge on any atom is -0.262 e. The van der Waals surface area contributed by atoms with Crippen LogP contribution in [0.1, 0.15) is 18.5 Å². The number of isocyanates is 1. The van der Waals surface area contributed by atoms with Crippen LogP contribution in [0.25, 0.3) is 0 Å². The molecule has 0 saturated carbocycles. The summed E-state index contributed by atoms with van der Waals surface area (Å²) in [5.41, 5.74) is 0.355. The molecule has 1 rings (SSSR count). The molecule has 0 fully saturated rings. The first-order chi connectivity index (χ1) is 5.75. The molecule has 0 aliphatic carbocycles. The van der Waals surface area contributed by atoms with Crippen molar-refractivity contribution in [1.29, 1.82) is 0 Å². The van der Waals surface area contributed by atoms with Crippen molar-refractivity contribution in [2.24, 2.45) is 4.99 Å². The number of hydrogen-bond acceptors (Lipinski definition) is 3. The van der Waals surface area contributed by atoms with Crippen LogP contribution in [0.15, 0.2) is 23.5 Å². The standard InChI is InChI=1S/C8H7FN2O/c1-6(11-5-12)7-2-3-10-4-8(7)9/h2-4,6H,1H3. The third-order valence-corrected chi connectivity index (χ3v) is 1.50. The predicted octanol–water partition coefficient (Wildman–Crippen LogP) is 1.62. The van der Waals surface area contributed by atoms with Crippen molar-refractivity contribution in [3.8, 4) is 0 Å². The molecule has 0 radical (unpaired) electrons. The van der Waals surface area contributed by atoms with Gasteiger partial charge in [-0.2, -0.15) is 4.99 Å². The highest BCUT2D eigenvalue weighted by Crippen LogP contribution is 2.17. The lowest BCUT2D eigenvalue weighted by Gasteiger charge is -2.03. The summed E-state index contributed by atoms with van der Waals surface area (Å²) < 4.78 is 12.9. The zero-order valence-corrected chi connectivity index (χ0v) is 6.49. The minimum atomic E-state index is -0.495. The van der Waals surface area contributed by atoms with Crippen molar-refractivity contribution < 1.29 is 9.18 Å². The van der Waals surface area contributed by atoms with Crippen LogP contribution in [-0.4, -0.2) is 11.1 Å². The molecule has 1 heterocycles. The Kier molecular flexibility index (Phi) is 2.66. The van der Waals surface area contributed by atoms with Gasteiger partial charge in [-0.1, -0.05) is 0 Å². The van der Waals surface area contributed by atoms with E-state index in [0.29, 0.717) is 5.56 Å². The lowest BCUT2D eigenvalue weighted by atomic mass is 10.1. The molecule has 12 heavy (non-hydrogen) atoms. The number of halogens is 1. The Morgan fingerprint density at radius 1 is 1.75 bits per heavy atom. The van der Waals surface area contributed by atoms with Crippen LogP contribution in [0.5, 0.6) is 0 Å². The molecular formula is C8H7FN2O. The molecular weight excluding hydrogens is 159 g/mol. The first-order valence-corrected chi connectivity index (χ1v) is 3.42. The van der Waals surface area contributed by atoms with Gasteiger partial charge >= 0.3 is 0 Å². The molecule has 62 valence electrons. The third-order valence-electron chi connectivity index (χ3n) is 1.50. The molecule has 0 spiro atoms. The summed E-state index contributed by atoms with van der Waals surface area (Å²) in [4.78, 5) is 16.8. The molecule has 1 aromatic heterocycles. The van der Waals surface area contributed by atoms with Crippen molar-refractivity contribution in [1.82, 2.24) is 4.98 Å². The monoisotopic (exact) mass is 166 g/mol. The maximum absolute atomic E-state index is 12.9. The molecule has 0 saturated heterocycles. The zero-order valence-electron chi connectivity index (χ0n) is 6.49. The SMILES string of the molecule is CC(N=C=O)c1ccncc1F. The van der Waals surface area contributed by atoms with Crippen LogP contribution in [0.2, 0.25) is 0 Å². The molecule has 4 heteroatoms. The van der Waals surface area contributed by atoms with Gasteiger partial charge in [0.25, 0.3) is 0 Å². The van der Waals surface area contributed by atoms with Crippen molar-refractivity contribution in [2.45, 2.75) is 13.0 Å². The van der Waals surface area contributed by atoms with E-state index >= 15 is 0 Å². The van der Waals surface area contributed by atoms with Gasteiger partial charge in [0, 0.05) is 11.8 Å². The number of pyridine rings is 1. The molecule has 0 bridgehead atoms. The van der Waals surface area contributed by atoms with E-state index in [9.17, 15) is 9.18 Å². The van der Waals surface area contributed by atoms with E-state index < -0.39 is 11.9 Å². The number of carbonyl (C=O) groups excluding carboxylic acids is 1. The predicted molar refractivity (Wildman–Crippen MR) is 40.7 cm³/mol. The average Bonchev–Trinajstić information content (AvgIpc) is 2.05. The van der Waals surface area contributed by atoms with E-state index in [1.807, 2.05) is 0 Å². The fourth-order valence-electron chi connectivity index (χ4n) is 0.873. The van der Waals surface area contributed by atoms with Crippen LogP contribution in [0.3, 0.4) is 0 Å². The molecule has 1 unspecified atom stereocenters. The van der Waals surface area contributed by atoms with E-state index in [1.165, 1.54) is 18.3 Å². The minimum absolute atomic E-state index is 0.355. The molecule has 1 atom stereocenters. The Bertz CT molecular complexity index is 321. The van der Waals surface area contributed by atoms with E-state index in [0.717, 1.165) is 6.20 Å². The van der Waals surface area contributed by atoms with Crippen molar-refractivity contribution in [3.05, 3.63) is 29.8 Å². The summed E-state index contributed by atoms with van der Waals surface area (Å²) in [6.45, 7) is 1.61. The number of nitrogens with zero attached hydrogens (tertiary/aromatic N) is 2. The second-order valence-corrected chi connectivity index (χ2v) is 2.29. The molecule has 1 aromatic rings. The van der Waals surface area contributed by atoms with Crippen molar-refractivity contribution in [2.75, 3.05) is 0 Å². The summed E-state index contributed by atoms with van der Waals surface area (Å²) >= 11 is 0. The van der Waals surface area contributed by atoms with Gasteiger partial charge in [0.1, 0.15) is 5.82 Å². The van der Waals surface area contributed by atoms with E-state index in [2.05, 4.69) is 9.98 Å². The van der Waals surface area contributed by atoms with E-state index in [4.69, 9.17) is 0 Å². The maximum atomic E-state index is 12.9. The fraction of sp³-hybridized carbons (Fsp3) is 0.250. The number of hydrogen-bond donors (Lipinski definition) is 0. The zero-order chi connectivity index (χ0) is 8.97. The van der Waals surface area contributed by atoms with E-state index in [-0.39, 0.29) is 0 Å². The summed E-state index contributed by atoms with van der Waals surface area (Å²) in [6, 6.07) is 0.992. The summed E-state index contributed by atoms with van der Waals surface area (Å²) in [6.07, 6.45) is 3.92. The molecule has 0 aromatic carbocycles. The van der Waals surface area contributed by atoms with Crippen LogP contribution in [-0.2, 0) is 4.79 Å². The first-order valence-electron chi connectivity index (χ1n) is 3.42. The molecule has 0 N–H and O–H groups in total. The van der Waals surface area contributed by atoms with Gasteiger partial charge in [0.2, 0.25) is 6.08 Å². The Morgan fingerprint density at radius 3 is 3.08 bits per heavy atom. The number of aliphatic imine (C=N–C) groups is 1. The second kappa shape index (κ2) is 3.74. The highest BCUT2D eigenvalue weighted by molar-refractivity contribution is 5.35. The van der Waals surface area contributed by atoms with Crippen molar-refractivity contribution in [3.63, 3.8) is 0 Å². The maximum Gasteiger partial charge on any atom is 0.235 e. The van der Waals surface area contributed by atoms with Crippen LogP contribution in [0.4, 0.5) is 4.39 Å². The largest absolute Gasteiger partial charge is 0.262 e. The average molecular weight is 166 g/mol. The van der Waals surface area contributed by atoms with Crippen LogP contribution < -0.4 is 0 Å². The normalized spacial score (nSPS) is 11.8. The molecule has 0 aliphatic heterocycles. The van der Waals surface area contributed by atoms with Gasteiger partial charge in [-0.3, -0.25) is 4.98 Å². The highest BCUT2D eigenvalue weighted by atomic mass is 19.1. The lowest BCUT2D eigenvalue weighted by molar-refractivity contribution is 0.554. The highest BCUT2D eigenvalue weighted by Gasteiger charge is 2.08. The fourth-order valence-corrected chi connectivity index (χ4v) is 0.873.